The van der Waals surface area contributed by atoms with Crippen molar-refractivity contribution >= 4 is 35.3 Å². The van der Waals surface area contributed by atoms with Crippen molar-refractivity contribution in [2.75, 3.05) is 17.7 Å². The summed E-state index contributed by atoms with van der Waals surface area (Å²) in [5.41, 5.74) is 0. The fourth-order valence-corrected chi connectivity index (χ4v) is 3.09. The van der Waals surface area contributed by atoms with E-state index >= 15 is 0 Å². The quantitative estimate of drug-likeness (QED) is 0.842. The van der Waals surface area contributed by atoms with Crippen LogP contribution in [0, 0.1) is 0 Å². The van der Waals surface area contributed by atoms with E-state index in [1.807, 2.05) is 18.2 Å². The number of benzene rings is 1. The minimum Gasteiger partial charge on any atom is -0.405 e. The Labute approximate surface area is 136 Å². The average Bonchev–Trinajstić information content (AvgIpc) is 3.17. The molecule has 2 heterocycles. The van der Waals surface area contributed by atoms with E-state index in [9.17, 15) is 4.79 Å². The third-order valence-corrected chi connectivity index (χ3v) is 4.60. The lowest BCUT2D eigenvalue weighted by molar-refractivity contribution is -0.113. The highest BCUT2D eigenvalue weighted by Crippen LogP contribution is 2.29. The molecule has 2 aromatic rings. The van der Waals surface area contributed by atoms with Gasteiger partial charge < -0.3 is 9.15 Å². The van der Waals surface area contributed by atoms with Crippen LogP contribution in [0.15, 0.2) is 33.6 Å². The van der Waals surface area contributed by atoms with E-state index in [4.69, 9.17) is 20.8 Å². The van der Waals surface area contributed by atoms with Gasteiger partial charge in [-0.15, -0.1) is 16.9 Å². The highest BCUT2D eigenvalue weighted by molar-refractivity contribution is 8.00. The maximum absolute atomic E-state index is 11.9. The Morgan fingerprint density at radius 2 is 2.27 bits per heavy atom. The molecule has 1 aliphatic heterocycles. The Balaban J connectivity index is 1.52. The highest BCUT2D eigenvalue weighted by Gasteiger charge is 2.24. The molecular formula is C14H14ClN3O3S. The van der Waals surface area contributed by atoms with Crippen molar-refractivity contribution < 1.29 is 13.9 Å². The third-order valence-electron chi connectivity index (χ3n) is 3.09. The van der Waals surface area contributed by atoms with Gasteiger partial charge in [0.2, 0.25) is 11.8 Å². The molecule has 22 heavy (non-hydrogen) atoms. The number of halogens is 1. The first kappa shape index (κ1) is 15.3. The fourth-order valence-electron chi connectivity index (χ4n) is 2.05. The zero-order valence-electron chi connectivity index (χ0n) is 11.6. The van der Waals surface area contributed by atoms with Gasteiger partial charge in [0.1, 0.15) is 6.10 Å². The van der Waals surface area contributed by atoms with Crippen molar-refractivity contribution in [2.24, 2.45) is 0 Å². The second-order valence-corrected chi connectivity index (χ2v) is 6.14. The minimum absolute atomic E-state index is 0.0928. The topological polar surface area (TPSA) is 77.2 Å². The number of nitrogens with one attached hydrogen (secondary N) is 1. The van der Waals surface area contributed by atoms with E-state index in [1.54, 1.807) is 6.07 Å². The summed E-state index contributed by atoms with van der Waals surface area (Å²) < 4.78 is 10.8. The van der Waals surface area contributed by atoms with Crippen LogP contribution in [0.3, 0.4) is 0 Å². The molecule has 0 saturated carbocycles. The molecule has 1 aliphatic rings. The maximum Gasteiger partial charge on any atom is 0.322 e. The Bertz CT molecular complexity index is 658. The third kappa shape index (κ3) is 3.79. The van der Waals surface area contributed by atoms with Gasteiger partial charge in [0.25, 0.3) is 0 Å². The van der Waals surface area contributed by atoms with Crippen LogP contribution in [-0.4, -0.2) is 28.5 Å². The summed E-state index contributed by atoms with van der Waals surface area (Å²) in [5, 5.41) is 10.9. The van der Waals surface area contributed by atoms with Crippen LogP contribution in [0.5, 0.6) is 0 Å². The number of carbonyl (C=O) groups is 1. The molecule has 0 unspecified atom stereocenters. The Morgan fingerprint density at radius 3 is 3.05 bits per heavy atom. The zero-order chi connectivity index (χ0) is 15.4. The number of aromatic nitrogens is 2. The minimum atomic E-state index is -0.229. The van der Waals surface area contributed by atoms with Crippen LogP contribution in [0.2, 0.25) is 5.02 Å². The summed E-state index contributed by atoms with van der Waals surface area (Å²) in [5.74, 6) is 0.389. The number of amides is 1. The van der Waals surface area contributed by atoms with E-state index in [1.165, 1.54) is 11.8 Å². The van der Waals surface area contributed by atoms with Crippen LogP contribution in [-0.2, 0) is 9.53 Å². The number of anilines is 1. The van der Waals surface area contributed by atoms with Gasteiger partial charge in [0.05, 0.1) is 10.8 Å². The molecule has 0 bridgehead atoms. The van der Waals surface area contributed by atoms with Crippen molar-refractivity contribution in [1.82, 2.24) is 10.2 Å². The normalized spacial score (nSPS) is 17.6. The summed E-state index contributed by atoms with van der Waals surface area (Å²) in [7, 11) is 0. The lowest BCUT2D eigenvalue weighted by Crippen LogP contribution is -2.14. The average molecular weight is 340 g/mol. The first-order valence-corrected chi connectivity index (χ1v) is 8.21. The number of ether oxygens (including phenoxy) is 1. The molecule has 1 amide bonds. The van der Waals surface area contributed by atoms with E-state index in [0.717, 1.165) is 17.7 Å². The smallest absolute Gasteiger partial charge is 0.322 e. The van der Waals surface area contributed by atoms with E-state index in [-0.39, 0.29) is 23.8 Å². The molecule has 0 spiro atoms. The molecule has 6 nitrogen and oxygen atoms in total. The van der Waals surface area contributed by atoms with Crippen LogP contribution in [0.25, 0.3) is 0 Å². The summed E-state index contributed by atoms with van der Waals surface area (Å²) in [4.78, 5) is 12.7. The first-order chi connectivity index (χ1) is 10.7. The van der Waals surface area contributed by atoms with E-state index in [0.29, 0.717) is 17.5 Å². The van der Waals surface area contributed by atoms with Gasteiger partial charge in [-0.25, -0.2) is 0 Å². The second-order valence-electron chi connectivity index (χ2n) is 4.71. The molecule has 0 radical (unpaired) electrons. The van der Waals surface area contributed by atoms with Crippen LogP contribution < -0.4 is 5.32 Å². The maximum atomic E-state index is 11.9. The van der Waals surface area contributed by atoms with Gasteiger partial charge in [0.15, 0.2) is 0 Å². The molecule has 1 aromatic heterocycles. The lowest BCUT2D eigenvalue weighted by atomic mass is 10.2. The van der Waals surface area contributed by atoms with Crippen molar-refractivity contribution in [1.29, 1.82) is 0 Å². The highest BCUT2D eigenvalue weighted by atomic mass is 35.5. The monoisotopic (exact) mass is 339 g/mol. The Kier molecular flexibility index (Phi) is 4.97. The van der Waals surface area contributed by atoms with E-state index < -0.39 is 0 Å². The van der Waals surface area contributed by atoms with Crippen molar-refractivity contribution in [3.05, 3.63) is 35.2 Å². The molecule has 1 N–H and O–H groups in total. The van der Waals surface area contributed by atoms with Gasteiger partial charge in [-0.3, -0.25) is 10.1 Å². The Hall–Kier alpha value is -1.57. The van der Waals surface area contributed by atoms with Crippen LogP contribution in [0.1, 0.15) is 24.8 Å². The fraction of sp³-hybridized carbons (Fsp3) is 0.357. The summed E-state index contributed by atoms with van der Waals surface area (Å²) >= 11 is 7.38. The Morgan fingerprint density at radius 1 is 1.41 bits per heavy atom. The molecule has 0 aliphatic carbocycles. The van der Waals surface area contributed by atoms with Gasteiger partial charge in [-0.2, -0.15) is 0 Å². The number of hydrogen-bond acceptors (Lipinski definition) is 6. The molecule has 1 atom stereocenters. The largest absolute Gasteiger partial charge is 0.405 e. The van der Waals surface area contributed by atoms with Crippen molar-refractivity contribution in [2.45, 2.75) is 23.8 Å². The molecule has 1 aromatic carbocycles. The summed E-state index contributed by atoms with van der Waals surface area (Å²) in [6.07, 6.45) is 1.68. The van der Waals surface area contributed by atoms with Gasteiger partial charge >= 0.3 is 6.01 Å². The molecule has 1 fully saturated rings. The number of thioether (sulfide) groups is 1. The predicted octanol–water partition coefficient (Wildman–Crippen LogP) is 3.31. The molecular weight excluding hydrogens is 326 g/mol. The predicted molar refractivity (Wildman–Crippen MR) is 83.0 cm³/mol. The molecule has 116 valence electrons. The number of carbonyl (C=O) groups excluding carboxylic acids is 1. The van der Waals surface area contributed by atoms with E-state index in [2.05, 4.69) is 15.5 Å². The zero-order valence-corrected chi connectivity index (χ0v) is 13.2. The number of hydrogen-bond donors (Lipinski definition) is 1. The number of rotatable bonds is 5. The number of nitrogens with zero attached hydrogens (tertiary/aromatic N) is 2. The van der Waals surface area contributed by atoms with Gasteiger partial charge in [-0.05, 0) is 25.0 Å². The molecule has 1 saturated heterocycles. The summed E-state index contributed by atoms with van der Waals surface area (Å²) in [6.45, 7) is 0.698. The van der Waals surface area contributed by atoms with Gasteiger partial charge in [-0.1, -0.05) is 28.8 Å². The first-order valence-electron chi connectivity index (χ1n) is 6.84. The second kappa shape index (κ2) is 7.13. The van der Waals surface area contributed by atoms with Crippen LogP contribution >= 0.6 is 23.4 Å². The van der Waals surface area contributed by atoms with Gasteiger partial charge in [0, 0.05) is 11.5 Å². The lowest BCUT2D eigenvalue weighted by Gasteiger charge is -2.03. The molecule has 3 rings (SSSR count). The van der Waals surface area contributed by atoms with Crippen molar-refractivity contribution in [3.63, 3.8) is 0 Å². The molecule has 8 heteroatoms. The van der Waals surface area contributed by atoms with Crippen molar-refractivity contribution in [3.8, 4) is 0 Å². The summed E-state index contributed by atoms with van der Waals surface area (Å²) in [6, 6.07) is 7.46. The SMILES string of the molecule is O=C(CSc1ccccc1Cl)Nc1nnc([C@@H]2CCCO2)o1. The van der Waals surface area contributed by atoms with Crippen LogP contribution in [0.4, 0.5) is 6.01 Å². The standard InChI is InChI=1S/C14H14ClN3O3S/c15-9-4-1-2-6-11(9)22-8-12(19)16-14-18-17-13(21-14)10-5-3-7-20-10/h1-2,4,6,10H,3,5,7-8H2,(H,16,18,19)/t10-/m0/s1.